The van der Waals surface area contributed by atoms with E-state index in [-0.39, 0.29) is 11.5 Å². The molecule has 5 rings (SSSR count). The molecule has 0 saturated carbocycles. The number of nitrogens with zero attached hydrogens (tertiary/aromatic N) is 4. The summed E-state index contributed by atoms with van der Waals surface area (Å²) >= 11 is 0. The standard InChI is InChI=1S/C24H26N4O3/c29-21-8-4-5-13-26(21)14-9-22(30)27-15-11-24(12-16-27)23-19(10-17-31-24)18-28(25-23)20-6-2-1-3-7-20/h1-8,13,18H,9-12,14-17H2. The minimum atomic E-state index is -0.416. The van der Waals surface area contributed by atoms with E-state index in [0.29, 0.717) is 32.7 Å². The van der Waals surface area contributed by atoms with Crippen LogP contribution < -0.4 is 5.56 Å². The molecule has 1 amide bonds. The molecule has 1 saturated heterocycles. The Morgan fingerprint density at radius 3 is 2.61 bits per heavy atom. The van der Waals surface area contributed by atoms with Crippen molar-refractivity contribution in [2.75, 3.05) is 19.7 Å². The topological polar surface area (TPSA) is 69.4 Å². The number of hydrogen-bond acceptors (Lipinski definition) is 4. The van der Waals surface area contributed by atoms with Crippen molar-refractivity contribution in [1.29, 1.82) is 0 Å². The van der Waals surface area contributed by atoms with Crippen molar-refractivity contribution in [2.24, 2.45) is 0 Å². The van der Waals surface area contributed by atoms with Crippen molar-refractivity contribution in [3.05, 3.63) is 82.5 Å². The first kappa shape index (κ1) is 19.8. The van der Waals surface area contributed by atoms with Crippen molar-refractivity contribution in [1.82, 2.24) is 19.2 Å². The molecule has 160 valence electrons. The van der Waals surface area contributed by atoms with E-state index in [9.17, 15) is 9.59 Å². The number of pyridine rings is 1. The fourth-order valence-electron chi connectivity index (χ4n) is 4.63. The van der Waals surface area contributed by atoms with Crippen LogP contribution in [0.2, 0.25) is 0 Å². The van der Waals surface area contributed by atoms with Crippen LogP contribution in [0.25, 0.3) is 5.69 Å². The maximum Gasteiger partial charge on any atom is 0.250 e. The number of benzene rings is 1. The first-order chi connectivity index (χ1) is 15.1. The summed E-state index contributed by atoms with van der Waals surface area (Å²) in [6, 6.07) is 15.1. The first-order valence-electron chi connectivity index (χ1n) is 10.9. The molecule has 0 N–H and O–H groups in total. The summed E-state index contributed by atoms with van der Waals surface area (Å²) in [6.07, 6.45) is 6.50. The van der Waals surface area contributed by atoms with Gasteiger partial charge < -0.3 is 14.2 Å². The number of piperidine rings is 1. The molecular formula is C24H26N4O3. The predicted octanol–water partition coefficient (Wildman–Crippen LogP) is 2.51. The molecular weight excluding hydrogens is 392 g/mol. The molecule has 1 aromatic carbocycles. The molecule has 31 heavy (non-hydrogen) atoms. The van der Waals surface area contributed by atoms with Gasteiger partial charge in [0.2, 0.25) is 5.91 Å². The fraction of sp³-hybridized carbons (Fsp3) is 0.375. The average molecular weight is 418 g/mol. The monoisotopic (exact) mass is 418 g/mol. The van der Waals surface area contributed by atoms with Crippen LogP contribution in [0.3, 0.4) is 0 Å². The Balaban J connectivity index is 1.27. The number of amides is 1. The third kappa shape index (κ3) is 3.81. The van der Waals surface area contributed by atoms with E-state index in [2.05, 4.69) is 6.20 Å². The number of carbonyl (C=O) groups excluding carboxylic acids is 1. The van der Waals surface area contributed by atoms with Crippen molar-refractivity contribution in [3.63, 3.8) is 0 Å². The quantitative estimate of drug-likeness (QED) is 0.653. The van der Waals surface area contributed by atoms with Gasteiger partial charge in [0.25, 0.3) is 5.56 Å². The van der Waals surface area contributed by atoms with Gasteiger partial charge in [-0.05, 0) is 43.0 Å². The highest BCUT2D eigenvalue weighted by molar-refractivity contribution is 5.76. The Labute approximate surface area is 180 Å². The number of aromatic nitrogens is 3. The van der Waals surface area contributed by atoms with E-state index in [4.69, 9.17) is 9.84 Å². The SMILES string of the molecule is O=C(CCn1ccccc1=O)N1CCC2(CC1)OCCc1cn(-c3ccccc3)nc12. The highest BCUT2D eigenvalue weighted by Crippen LogP contribution is 2.41. The number of ether oxygens (including phenoxy) is 1. The second-order valence-electron chi connectivity index (χ2n) is 8.24. The summed E-state index contributed by atoms with van der Waals surface area (Å²) in [5.74, 6) is 0.0800. The van der Waals surface area contributed by atoms with E-state index in [1.807, 2.05) is 46.0 Å². The van der Waals surface area contributed by atoms with Gasteiger partial charge in [0.1, 0.15) is 5.60 Å². The third-order valence-corrected chi connectivity index (χ3v) is 6.38. The minimum Gasteiger partial charge on any atom is -0.368 e. The Hall–Kier alpha value is -3.19. The highest BCUT2D eigenvalue weighted by atomic mass is 16.5. The summed E-state index contributed by atoms with van der Waals surface area (Å²) in [6.45, 7) is 2.36. The number of likely N-dealkylation sites (tertiary alicyclic amines) is 1. The van der Waals surface area contributed by atoms with Gasteiger partial charge in [-0.1, -0.05) is 24.3 Å². The Kier molecular flexibility index (Phi) is 5.19. The smallest absolute Gasteiger partial charge is 0.250 e. The van der Waals surface area contributed by atoms with Crippen molar-refractivity contribution in [3.8, 4) is 5.69 Å². The number of rotatable bonds is 4. The van der Waals surface area contributed by atoms with Crippen LogP contribution in [0.1, 0.15) is 30.5 Å². The molecule has 7 nitrogen and oxygen atoms in total. The number of hydrogen-bond donors (Lipinski definition) is 0. The molecule has 2 aliphatic heterocycles. The first-order valence-corrected chi connectivity index (χ1v) is 10.9. The van der Waals surface area contributed by atoms with E-state index >= 15 is 0 Å². The zero-order chi connectivity index (χ0) is 21.3. The minimum absolute atomic E-state index is 0.0787. The highest BCUT2D eigenvalue weighted by Gasteiger charge is 2.44. The van der Waals surface area contributed by atoms with Crippen molar-refractivity contribution >= 4 is 5.91 Å². The van der Waals surface area contributed by atoms with Gasteiger partial charge in [-0.2, -0.15) is 5.10 Å². The average Bonchev–Trinajstić information content (AvgIpc) is 3.26. The van der Waals surface area contributed by atoms with Gasteiger partial charge >= 0.3 is 0 Å². The zero-order valence-electron chi connectivity index (χ0n) is 17.4. The second-order valence-corrected chi connectivity index (χ2v) is 8.24. The van der Waals surface area contributed by atoms with Crippen LogP contribution in [0.15, 0.2) is 65.7 Å². The summed E-state index contributed by atoms with van der Waals surface area (Å²) in [5.41, 5.74) is 2.80. The molecule has 0 aliphatic carbocycles. The van der Waals surface area contributed by atoms with Crippen LogP contribution in [0.4, 0.5) is 0 Å². The predicted molar refractivity (Wildman–Crippen MR) is 116 cm³/mol. The van der Waals surface area contributed by atoms with Crippen molar-refractivity contribution < 1.29 is 9.53 Å². The van der Waals surface area contributed by atoms with Gasteiger partial charge in [-0.25, -0.2) is 4.68 Å². The van der Waals surface area contributed by atoms with Crippen LogP contribution in [-0.2, 0) is 28.1 Å². The van der Waals surface area contributed by atoms with Gasteiger partial charge in [-0.3, -0.25) is 9.59 Å². The Morgan fingerprint density at radius 2 is 1.84 bits per heavy atom. The Bertz CT molecular complexity index is 1130. The van der Waals surface area contributed by atoms with Gasteiger partial charge in [0.15, 0.2) is 0 Å². The number of aryl methyl sites for hydroxylation is 1. The number of fused-ring (bicyclic) bond motifs is 2. The van der Waals surface area contributed by atoms with Crippen molar-refractivity contribution in [2.45, 2.75) is 37.8 Å². The molecule has 0 radical (unpaired) electrons. The van der Waals surface area contributed by atoms with Gasteiger partial charge in [0, 0.05) is 44.5 Å². The van der Waals surface area contributed by atoms with Gasteiger partial charge in [-0.15, -0.1) is 0 Å². The van der Waals surface area contributed by atoms with Crippen LogP contribution in [0, 0.1) is 0 Å². The summed E-state index contributed by atoms with van der Waals surface area (Å²) in [4.78, 5) is 26.5. The molecule has 2 aromatic heterocycles. The third-order valence-electron chi connectivity index (χ3n) is 6.38. The summed E-state index contributed by atoms with van der Waals surface area (Å²) < 4.78 is 9.82. The lowest BCUT2D eigenvalue weighted by molar-refractivity contribution is -0.141. The van der Waals surface area contributed by atoms with E-state index in [1.54, 1.807) is 16.8 Å². The van der Waals surface area contributed by atoms with Crippen LogP contribution in [-0.4, -0.2) is 44.9 Å². The molecule has 0 atom stereocenters. The van der Waals surface area contributed by atoms with Gasteiger partial charge in [0.05, 0.1) is 18.0 Å². The molecule has 7 heteroatoms. The number of para-hydroxylation sites is 1. The maximum absolute atomic E-state index is 12.7. The largest absolute Gasteiger partial charge is 0.368 e. The molecule has 0 bridgehead atoms. The summed E-state index contributed by atoms with van der Waals surface area (Å²) in [5, 5.41) is 4.90. The van der Waals surface area contributed by atoms with E-state index < -0.39 is 5.60 Å². The van der Waals surface area contributed by atoms with Crippen LogP contribution in [0.5, 0.6) is 0 Å². The molecule has 3 aromatic rings. The van der Waals surface area contributed by atoms with E-state index in [1.165, 1.54) is 11.6 Å². The lowest BCUT2D eigenvalue weighted by Crippen LogP contribution is -2.48. The van der Waals surface area contributed by atoms with Crippen LogP contribution >= 0.6 is 0 Å². The summed E-state index contributed by atoms with van der Waals surface area (Å²) in [7, 11) is 0. The maximum atomic E-state index is 12.7. The molecule has 0 unspecified atom stereocenters. The molecule has 1 spiro atoms. The lowest BCUT2D eigenvalue weighted by atomic mass is 9.83. The molecule has 2 aliphatic rings. The van der Waals surface area contributed by atoms with E-state index in [0.717, 1.165) is 30.6 Å². The Morgan fingerprint density at radius 1 is 1.06 bits per heavy atom. The molecule has 1 fully saturated rings. The lowest BCUT2D eigenvalue weighted by Gasteiger charge is -2.43. The fourth-order valence-corrected chi connectivity index (χ4v) is 4.63. The number of carbonyl (C=O) groups is 1. The molecule has 4 heterocycles. The second kappa shape index (κ2) is 8.15. The normalized spacial score (nSPS) is 17.5. The zero-order valence-corrected chi connectivity index (χ0v) is 17.4.